The maximum absolute atomic E-state index is 12.3. The number of hydrogen-bond acceptors (Lipinski definition) is 4. The molecule has 2 N–H and O–H groups in total. The Labute approximate surface area is 118 Å². The molecule has 2 aromatic rings. The second-order valence-corrected chi connectivity index (χ2v) is 4.43. The molecule has 0 aromatic carbocycles. The van der Waals surface area contributed by atoms with Gasteiger partial charge in [-0.05, 0) is 37.6 Å². The number of nitrogens with zero attached hydrogens (tertiary/aromatic N) is 2. The number of amides is 1. The van der Waals surface area contributed by atoms with Crippen LogP contribution in [0.25, 0.3) is 0 Å². The van der Waals surface area contributed by atoms with Crippen molar-refractivity contribution in [3.8, 4) is 0 Å². The summed E-state index contributed by atoms with van der Waals surface area (Å²) in [4.78, 5) is 20.8. The van der Waals surface area contributed by atoms with E-state index in [1.165, 1.54) is 0 Å². The molecule has 104 valence electrons. The highest BCUT2D eigenvalue weighted by atomic mass is 16.1. The smallest absolute Gasteiger partial charge is 0.255 e. The molecule has 0 bridgehead atoms. The van der Waals surface area contributed by atoms with Crippen molar-refractivity contribution in [3.05, 3.63) is 47.4 Å². The highest BCUT2D eigenvalue weighted by Crippen LogP contribution is 2.15. The minimum atomic E-state index is -0.158. The first-order valence-electron chi connectivity index (χ1n) is 6.55. The zero-order chi connectivity index (χ0) is 14.5. The Hall–Kier alpha value is -2.43. The van der Waals surface area contributed by atoms with Gasteiger partial charge in [-0.1, -0.05) is 6.92 Å². The fourth-order valence-corrected chi connectivity index (χ4v) is 1.84. The zero-order valence-electron chi connectivity index (χ0n) is 11.9. The van der Waals surface area contributed by atoms with Crippen molar-refractivity contribution in [2.75, 3.05) is 17.7 Å². The van der Waals surface area contributed by atoms with Crippen molar-refractivity contribution in [1.82, 2.24) is 9.97 Å². The van der Waals surface area contributed by atoms with Gasteiger partial charge in [0.05, 0.1) is 11.4 Å². The molecule has 2 heterocycles. The predicted molar refractivity (Wildman–Crippen MR) is 80.1 cm³/mol. The van der Waals surface area contributed by atoms with E-state index in [0.29, 0.717) is 11.4 Å². The van der Waals surface area contributed by atoms with Gasteiger partial charge in [0.25, 0.3) is 5.91 Å². The van der Waals surface area contributed by atoms with Crippen molar-refractivity contribution in [2.45, 2.75) is 20.3 Å². The van der Waals surface area contributed by atoms with Gasteiger partial charge in [0.15, 0.2) is 0 Å². The van der Waals surface area contributed by atoms with Gasteiger partial charge in [-0.15, -0.1) is 0 Å². The molecule has 2 rings (SSSR count). The quantitative estimate of drug-likeness (QED) is 0.896. The molecule has 0 aliphatic carbocycles. The summed E-state index contributed by atoms with van der Waals surface area (Å²) in [5, 5.41) is 5.84. The summed E-state index contributed by atoms with van der Waals surface area (Å²) in [5.41, 5.74) is 2.98. The summed E-state index contributed by atoms with van der Waals surface area (Å²) in [7, 11) is 1.79. The van der Waals surface area contributed by atoms with E-state index >= 15 is 0 Å². The van der Waals surface area contributed by atoms with Gasteiger partial charge in [-0.25, -0.2) is 4.98 Å². The van der Waals surface area contributed by atoms with Gasteiger partial charge in [0, 0.05) is 24.5 Å². The van der Waals surface area contributed by atoms with Crippen LogP contribution in [0.5, 0.6) is 0 Å². The highest BCUT2D eigenvalue weighted by molar-refractivity contribution is 6.05. The zero-order valence-corrected chi connectivity index (χ0v) is 11.9. The molecule has 2 aromatic heterocycles. The second-order valence-electron chi connectivity index (χ2n) is 4.43. The molecule has 0 unspecified atom stereocenters. The minimum Gasteiger partial charge on any atom is -0.373 e. The van der Waals surface area contributed by atoms with Crippen LogP contribution in [0.15, 0.2) is 30.5 Å². The van der Waals surface area contributed by atoms with Crippen molar-refractivity contribution < 1.29 is 4.79 Å². The third-order valence-corrected chi connectivity index (χ3v) is 3.01. The van der Waals surface area contributed by atoms with Gasteiger partial charge in [-0.2, -0.15) is 0 Å². The maximum Gasteiger partial charge on any atom is 0.255 e. The minimum absolute atomic E-state index is 0.158. The van der Waals surface area contributed by atoms with Crippen LogP contribution in [0.4, 0.5) is 11.5 Å². The van der Waals surface area contributed by atoms with Crippen LogP contribution >= 0.6 is 0 Å². The van der Waals surface area contributed by atoms with E-state index in [0.717, 1.165) is 23.5 Å². The van der Waals surface area contributed by atoms with Gasteiger partial charge in [-0.3, -0.25) is 9.78 Å². The van der Waals surface area contributed by atoms with Crippen molar-refractivity contribution in [2.24, 2.45) is 0 Å². The lowest BCUT2D eigenvalue weighted by Gasteiger charge is -2.10. The van der Waals surface area contributed by atoms with Crippen molar-refractivity contribution in [3.63, 3.8) is 0 Å². The molecule has 5 heteroatoms. The van der Waals surface area contributed by atoms with Crippen LogP contribution in [-0.2, 0) is 6.42 Å². The standard InChI is InChI=1S/C15H18N4O/c1-4-12-8-11(9-14(16-3)18-12)15(20)19-13-6-5-7-17-10(13)2/h5-9H,4H2,1-3H3,(H,16,18)(H,19,20). The SMILES string of the molecule is CCc1cc(C(=O)Nc2cccnc2C)cc(NC)n1. The number of pyridine rings is 2. The maximum atomic E-state index is 12.3. The monoisotopic (exact) mass is 270 g/mol. The Morgan fingerprint density at radius 2 is 2.15 bits per heavy atom. The highest BCUT2D eigenvalue weighted by Gasteiger charge is 2.10. The molecule has 0 fully saturated rings. The van der Waals surface area contributed by atoms with Gasteiger partial charge in [0.2, 0.25) is 0 Å². The number of aryl methyl sites for hydroxylation is 2. The number of rotatable bonds is 4. The van der Waals surface area contributed by atoms with E-state index < -0.39 is 0 Å². The van der Waals surface area contributed by atoms with Gasteiger partial charge < -0.3 is 10.6 Å². The Bertz CT molecular complexity index is 603. The van der Waals surface area contributed by atoms with E-state index in [1.807, 2.05) is 26.0 Å². The normalized spacial score (nSPS) is 10.2. The van der Waals surface area contributed by atoms with Crippen LogP contribution in [0, 0.1) is 6.92 Å². The Balaban J connectivity index is 2.27. The lowest BCUT2D eigenvalue weighted by molar-refractivity contribution is 0.102. The number of carbonyl (C=O) groups excluding carboxylic acids is 1. The molecule has 1 amide bonds. The number of hydrogen-bond donors (Lipinski definition) is 2. The van der Waals surface area contributed by atoms with Crippen molar-refractivity contribution >= 4 is 17.4 Å². The van der Waals surface area contributed by atoms with Crippen LogP contribution in [0.3, 0.4) is 0 Å². The Morgan fingerprint density at radius 3 is 2.80 bits per heavy atom. The number of anilines is 2. The summed E-state index contributed by atoms with van der Waals surface area (Å²) in [6.07, 6.45) is 2.48. The summed E-state index contributed by atoms with van der Waals surface area (Å²) < 4.78 is 0. The summed E-state index contributed by atoms with van der Waals surface area (Å²) in [6.45, 7) is 3.87. The molecule has 0 aliphatic rings. The van der Waals surface area contributed by atoms with E-state index in [4.69, 9.17) is 0 Å². The van der Waals surface area contributed by atoms with Crippen LogP contribution < -0.4 is 10.6 Å². The fraction of sp³-hybridized carbons (Fsp3) is 0.267. The Kier molecular flexibility index (Phi) is 4.30. The molecular weight excluding hydrogens is 252 g/mol. The number of aromatic nitrogens is 2. The second kappa shape index (κ2) is 6.14. The lowest BCUT2D eigenvalue weighted by Crippen LogP contribution is -2.14. The fourth-order valence-electron chi connectivity index (χ4n) is 1.84. The van der Waals surface area contributed by atoms with E-state index in [-0.39, 0.29) is 5.91 Å². The van der Waals surface area contributed by atoms with E-state index in [9.17, 15) is 4.79 Å². The number of nitrogens with one attached hydrogen (secondary N) is 2. The van der Waals surface area contributed by atoms with E-state index in [1.54, 1.807) is 25.4 Å². The van der Waals surface area contributed by atoms with Crippen LogP contribution in [0.2, 0.25) is 0 Å². The first kappa shape index (κ1) is 14.0. The first-order chi connectivity index (χ1) is 9.63. The van der Waals surface area contributed by atoms with Gasteiger partial charge in [0.1, 0.15) is 5.82 Å². The molecule has 0 spiro atoms. The first-order valence-corrected chi connectivity index (χ1v) is 6.55. The molecule has 0 atom stereocenters. The average molecular weight is 270 g/mol. The Morgan fingerprint density at radius 1 is 1.35 bits per heavy atom. The molecule has 0 saturated carbocycles. The third kappa shape index (κ3) is 3.12. The molecule has 0 aliphatic heterocycles. The van der Waals surface area contributed by atoms with E-state index in [2.05, 4.69) is 20.6 Å². The molecular formula is C15H18N4O. The molecule has 20 heavy (non-hydrogen) atoms. The molecule has 5 nitrogen and oxygen atoms in total. The third-order valence-electron chi connectivity index (χ3n) is 3.01. The van der Waals surface area contributed by atoms with Crippen molar-refractivity contribution in [1.29, 1.82) is 0 Å². The summed E-state index contributed by atoms with van der Waals surface area (Å²) >= 11 is 0. The summed E-state index contributed by atoms with van der Waals surface area (Å²) in [5.74, 6) is 0.534. The molecule has 0 radical (unpaired) electrons. The molecule has 0 saturated heterocycles. The number of carbonyl (C=O) groups is 1. The van der Waals surface area contributed by atoms with Crippen LogP contribution in [0.1, 0.15) is 28.7 Å². The largest absolute Gasteiger partial charge is 0.373 e. The summed E-state index contributed by atoms with van der Waals surface area (Å²) in [6, 6.07) is 7.18. The topological polar surface area (TPSA) is 66.9 Å². The predicted octanol–water partition coefficient (Wildman–Crippen LogP) is 2.64. The average Bonchev–Trinajstić information content (AvgIpc) is 2.48. The van der Waals surface area contributed by atoms with Crippen LogP contribution in [-0.4, -0.2) is 22.9 Å². The van der Waals surface area contributed by atoms with Gasteiger partial charge >= 0.3 is 0 Å². The lowest BCUT2D eigenvalue weighted by atomic mass is 10.1.